The molecule has 1 aromatic carbocycles. The quantitative estimate of drug-likeness (QED) is 0.449. The number of amides is 2. The third kappa shape index (κ3) is 3.71. The Kier molecular flexibility index (Phi) is 5.52. The van der Waals surface area contributed by atoms with E-state index in [1.165, 1.54) is 0 Å². The molecule has 0 aliphatic carbocycles. The number of carbonyl (C=O) groups excluding carboxylic acids is 1. The third-order valence-electron chi connectivity index (χ3n) is 3.03. The number of rotatable bonds is 4. The van der Waals surface area contributed by atoms with Gasteiger partial charge in [-0.25, -0.2) is 15.2 Å². The molecule has 6 nitrogen and oxygen atoms in total. The number of aryl methyl sites for hydroxylation is 2. The Balaban J connectivity index is 3.00. The summed E-state index contributed by atoms with van der Waals surface area (Å²) in [5.74, 6) is -0.354. The van der Waals surface area contributed by atoms with Crippen molar-refractivity contribution in [3.05, 3.63) is 29.3 Å². The van der Waals surface area contributed by atoms with Crippen LogP contribution in [0.5, 0.6) is 0 Å². The standard InChI is InChI=1S/C14H22N4O2/c1-5-11(4)20-17-14(19)18(13(15)16)12-9(2)7-6-8-10(12)3/h6-8,11H,5H2,1-4H3,(H3,15,16)(H,17,19). The van der Waals surface area contributed by atoms with Crippen LogP contribution in [0.4, 0.5) is 10.5 Å². The highest BCUT2D eigenvalue weighted by Gasteiger charge is 2.22. The van der Waals surface area contributed by atoms with Gasteiger partial charge in [0.2, 0.25) is 5.96 Å². The summed E-state index contributed by atoms with van der Waals surface area (Å²) in [4.78, 5) is 18.5. The molecule has 1 rings (SSSR count). The molecule has 1 aromatic rings. The van der Waals surface area contributed by atoms with E-state index in [1.807, 2.05) is 45.9 Å². The molecule has 110 valence electrons. The molecule has 0 aromatic heterocycles. The molecule has 1 unspecified atom stereocenters. The van der Waals surface area contributed by atoms with Crippen LogP contribution in [-0.4, -0.2) is 18.1 Å². The Hall–Kier alpha value is -2.08. The van der Waals surface area contributed by atoms with Gasteiger partial charge in [-0.15, -0.1) is 0 Å². The summed E-state index contributed by atoms with van der Waals surface area (Å²) in [6.45, 7) is 7.52. The Morgan fingerprint density at radius 2 is 2.00 bits per heavy atom. The van der Waals surface area contributed by atoms with Crippen molar-refractivity contribution < 1.29 is 9.63 Å². The number of guanidine groups is 1. The molecule has 0 radical (unpaired) electrons. The first-order valence-corrected chi connectivity index (χ1v) is 6.54. The maximum atomic E-state index is 12.2. The first kappa shape index (κ1) is 16.0. The van der Waals surface area contributed by atoms with E-state index < -0.39 is 6.03 Å². The molecule has 20 heavy (non-hydrogen) atoms. The topological polar surface area (TPSA) is 91.4 Å². The average Bonchev–Trinajstić information content (AvgIpc) is 2.39. The van der Waals surface area contributed by atoms with Crippen LogP contribution in [0.25, 0.3) is 0 Å². The molecule has 0 aliphatic rings. The van der Waals surface area contributed by atoms with E-state index in [1.54, 1.807) is 0 Å². The number of benzene rings is 1. The lowest BCUT2D eigenvalue weighted by molar-refractivity contribution is 0.00677. The van der Waals surface area contributed by atoms with E-state index in [-0.39, 0.29) is 12.1 Å². The van der Waals surface area contributed by atoms with E-state index in [0.717, 1.165) is 22.4 Å². The number of urea groups is 1. The van der Waals surface area contributed by atoms with Gasteiger partial charge in [0.05, 0.1) is 11.8 Å². The van der Waals surface area contributed by atoms with E-state index in [0.29, 0.717) is 5.69 Å². The molecule has 0 aliphatic heterocycles. The van der Waals surface area contributed by atoms with Gasteiger partial charge in [0.25, 0.3) is 0 Å². The highest BCUT2D eigenvalue weighted by Crippen LogP contribution is 2.24. The number of anilines is 1. The number of hydrogen-bond acceptors (Lipinski definition) is 3. The van der Waals surface area contributed by atoms with Crippen molar-refractivity contribution in [2.45, 2.75) is 40.2 Å². The fourth-order valence-corrected chi connectivity index (χ4v) is 1.77. The number of carbonyl (C=O) groups is 1. The van der Waals surface area contributed by atoms with Gasteiger partial charge >= 0.3 is 6.03 Å². The zero-order valence-electron chi connectivity index (χ0n) is 12.4. The van der Waals surface area contributed by atoms with Crippen LogP contribution < -0.4 is 16.1 Å². The van der Waals surface area contributed by atoms with Gasteiger partial charge in [-0.05, 0) is 38.3 Å². The lowest BCUT2D eigenvalue weighted by atomic mass is 10.1. The summed E-state index contributed by atoms with van der Waals surface area (Å²) in [6.07, 6.45) is 0.662. The SMILES string of the molecule is CCC(C)ONC(=O)N(C(=N)N)c1c(C)cccc1C. The highest BCUT2D eigenvalue weighted by molar-refractivity contribution is 6.14. The molecule has 0 fully saturated rings. The summed E-state index contributed by atoms with van der Waals surface area (Å²) in [7, 11) is 0. The van der Waals surface area contributed by atoms with Gasteiger partial charge in [-0.2, -0.15) is 0 Å². The molecule has 4 N–H and O–H groups in total. The van der Waals surface area contributed by atoms with E-state index in [4.69, 9.17) is 16.0 Å². The molecule has 0 bridgehead atoms. The Bertz CT molecular complexity index is 482. The van der Waals surface area contributed by atoms with Crippen LogP contribution >= 0.6 is 0 Å². The second-order valence-electron chi connectivity index (χ2n) is 4.70. The van der Waals surface area contributed by atoms with Crippen LogP contribution in [-0.2, 0) is 4.84 Å². The highest BCUT2D eigenvalue weighted by atomic mass is 16.7. The monoisotopic (exact) mass is 278 g/mol. The molecule has 1 atom stereocenters. The normalized spacial score (nSPS) is 11.8. The van der Waals surface area contributed by atoms with Crippen LogP contribution in [0.3, 0.4) is 0 Å². The predicted molar refractivity (Wildman–Crippen MR) is 79.7 cm³/mol. The predicted octanol–water partition coefficient (Wildman–Crippen LogP) is 2.44. The zero-order chi connectivity index (χ0) is 15.3. The van der Waals surface area contributed by atoms with Crippen molar-refractivity contribution in [3.8, 4) is 0 Å². The van der Waals surface area contributed by atoms with Crippen molar-refractivity contribution in [1.82, 2.24) is 5.48 Å². The summed E-state index contributed by atoms with van der Waals surface area (Å²) < 4.78 is 0. The zero-order valence-corrected chi connectivity index (χ0v) is 12.4. The number of hydroxylamine groups is 1. The van der Waals surface area contributed by atoms with Gasteiger partial charge in [0.15, 0.2) is 0 Å². The Morgan fingerprint density at radius 1 is 1.45 bits per heavy atom. The molecule has 6 heteroatoms. The lowest BCUT2D eigenvalue weighted by Crippen LogP contribution is -2.48. The van der Waals surface area contributed by atoms with E-state index in [2.05, 4.69) is 5.48 Å². The van der Waals surface area contributed by atoms with Gasteiger partial charge in [-0.3, -0.25) is 10.2 Å². The summed E-state index contributed by atoms with van der Waals surface area (Å²) in [5, 5.41) is 7.63. The third-order valence-corrected chi connectivity index (χ3v) is 3.03. The smallest absolute Gasteiger partial charge is 0.352 e. The van der Waals surface area contributed by atoms with Gasteiger partial charge in [-0.1, -0.05) is 25.1 Å². The first-order chi connectivity index (χ1) is 9.38. The fourth-order valence-electron chi connectivity index (χ4n) is 1.77. The second-order valence-corrected chi connectivity index (χ2v) is 4.70. The van der Waals surface area contributed by atoms with Crippen molar-refractivity contribution in [2.75, 3.05) is 4.90 Å². The maximum Gasteiger partial charge on any atom is 0.352 e. The van der Waals surface area contributed by atoms with Crippen molar-refractivity contribution >= 4 is 17.7 Å². The van der Waals surface area contributed by atoms with Crippen molar-refractivity contribution in [2.24, 2.45) is 5.73 Å². The molecule has 0 spiro atoms. The van der Waals surface area contributed by atoms with Crippen LogP contribution in [0.15, 0.2) is 18.2 Å². The van der Waals surface area contributed by atoms with Crippen molar-refractivity contribution in [3.63, 3.8) is 0 Å². The maximum absolute atomic E-state index is 12.2. The van der Waals surface area contributed by atoms with E-state index in [9.17, 15) is 4.79 Å². The number of nitrogens with one attached hydrogen (secondary N) is 2. The molecular formula is C14H22N4O2. The summed E-state index contributed by atoms with van der Waals surface area (Å²) >= 11 is 0. The first-order valence-electron chi connectivity index (χ1n) is 6.54. The molecule has 0 heterocycles. The Morgan fingerprint density at radius 3 is 2.45 bits per heavy atom. The second kappa shape index (κ2) is 6.91. The molecule has 0 saturated heterocycles. The van der Waals surface area contributed by atoms with Gasteiger partial charge in [0.1, 0.15) is 0 Å². The minimum absolute atomic E-state index is 0.106. The minimum atomic E-state index is -0.574. The Labute approximate surface area is 119 Å². The van der Waals surface area contributed by atoms with Crippen LogP contribution in [0.1, 0.15) is 31.4 Å². The average molecular weight is 278 g/mol. The largest absolute Gasteiger partial charge is 0.369 e. The van der Waals surface area contributed by atoms with Crippen LogP contribution in [0, 0.1) is 19.3 Å². The molecule has 2 amide bonds. The minimum Gasteiger partial charge on any atom is -0.369 e. The molecular weight excluding hydrogens is 256 g/mol. The van der Waals surface area contributed by atoms with Crippen LogP contribution in [0.2, 0.25) is 0 Å². The molecule has 0 saturated carbocycles. The van der Waals surface area contributed by atoms with Gasteiger partial charge < -0.3 is 5.73 Å². The number of hydrogen-bond donors (Lipinski definition) is 3. The van der Waals surface area contributed by atoms with Gasteiger partial charge in [0, 0.05) is 0 Å². The van der Waals surface area contributed by atoms with E-state index >= 15 is 0 Å². The fraction of sp³-hybridized carbons (Fsp3) is 0.429. The number of nitrogens with zero attached hydrogens (tertiary/aromatic N) is 1. The lowest BCUT2D eigenvalue weighted by Gasteiger charge is -2.25. The number of nitrogens with two attached hydrogens (primary N) is 1. The number of para-hydroxylation sites is 1. The summed E-state index contributed by atoms with van der Waals surface area (Å²) in [6, 6.07) is 5.04. The summed E-state index contributed by atoms with van der Waals surface area (Å²) in [5.41, 5.74) is 10.2. The van der Waals surface area contributed by atoms with Crippen molar-refractivity contribution in [1.29, 1.82) is 5.41 Å².